The van der Waals surface area contributed by atoms with Gasteiger partial charge in [-0.3, -0.25) is 14.6 Å². The number of carbonyl (C=O) groups excluding carboxylic acids is 2. The molecule has 0 saturated carbocycles. The summed E-state index contributed by atoms with van der Waals surface area (Å²) in [5, 5.41) is 6.18. The van der Waals surface area contributed by atoms with E-state index in [0.29, 0.717) is 19.5 Å². The SMILES string of the molecule is CCNC(=NCCC(=O)NC(C)CC)N1CC(C)C(C(=O)OC)C1.I. The Morgan fingerprint density at radius 1 is 1.32 bits per heavy atom. The van der Waals surface area contributed by atoms with Gasteiger partial charge in [-0.05, 0) is 26.2 Å². The average molecular weight is 468 g/mol. The first-order chi connectivity index (χ1) is 11.4. The molecule has 0 radical (unpaired) electrons. The molecule has 0 spiro atoms. The highest BCUT2D eigenvalue weighted by atomic mass is 127. The third-order valence-corrected chi connectivity index (χ3v) is 4.37. The molecule has 1 rings (SSSR count). The van der Waals surface area contributed by atoms with Gasteiger partial charge in [0.15, 0.2) is 5.96 Å². The number of halogens is 1. The quantitative estimate of drug-likeness (QED) is 0.257. The summed E-state index contributed by atoms with van der Waals surface area (Å²) in [5.74, 6) is 0.689. The Morgan fingerprint density at radius 3 is 2.56 bits per heavy atom. The van der Waals surface area contributed by atoms with E-state index >= 15 is 0 Å². The number of hydrogen-bond acceptors (Lipinski definition) is 4. The number of carbonyl (C=O) groups is 2. The summed E-state index contributed by atoms with van der Waals surface area (Å²) >= 11 is 0. The van der Waals surface area contributed by atoms with E-state index in [-0.39, 0.29) is 53.7 Å². The van der Waals surface area contributed by atoms with E-state index in [2.05, 4.69) is 20.5 Å². The number of ether oxygens (including phenoxy) is 1. The van der Waals surface area contributed by atoms with E-state index in [9.17, 15) is 9.59 Å². The first-order valence-corrected chi connectivity index (χ1v) is 8.83. The monoisotopic (exact) mass is 468 g/mol. The van der Waals surface area contributed by atoms with Gasteiger partial charge in [0.05, 0.1) is 19.6 Å². The first-order valence-electron chi connectivity index (χ1n) is 8.83. The number of nitrogens with zero attached hydrogens (tertiary/aromatic N) is 2. The van der Waals surface area contributed by atoms with Crippen molar-refractivity contribution in [2.45, 2.75) is 46.6 Å². The highest BCUT2D eigenvalue weighted by molar-refractivity contribution is 14.0. The topological polar surface area (TPSA) is 83.0 Å². The summed E-state index contributed by atoms with van der Waals surface area (Å²) < 4.78 is 4.87. The summed E-state index contributed by atoms with van der Waals surface area (Å²) in [5.41, 5.74) is 0. The number of rotatable bonds is 7. The van der Waals surface area contributed by atoms with Gasteiger partial charge in [0.25, 0.3) is 0 Å². The predicted octanol–water partition coefficient (Wildman–Crippen LogP) is 1.62. The smallest absolute Gasteiger partial charge is 0.310 e. The maximum Gasteiger partial charge on any atom is 0.310 e. The molecule has 8 heteroatoms. The third kappa shape index (κ3) is 7.79. The fourth-order valence-corrected chi connectivity index (χ4v) is 2.74. The van der Waals surface area contributed by atoms with Crippen molar-refractivity contribution < 1.29 is 14.3 Å². The van der Waals surface area contributed by atoms with Crippen LogP contribution in [0.1, 0.15) is 40.5 Å². The Balaban J connectivity index is 0.00000576. The Kier molecular flexibility index (Phi) is 11.8. The van der Waals surface area contributed by atoms with E-state index < -0.39 is 0 Å². The summed E-state index contributed by atoms with van der Waals surface area (Å²) in [6.07, 6.45) is 1.28. The van der Waals surface area contributed by atoms with Crippen LogP contribution in [0.4, 0.5) is 0 Å². The minimum absolute atomic E-state index is 0. The minimum atomic E-state index is -0.172. The molecule has 3 unspecified atom stereocenters. The summed E-state index contributed by atoms with van der Waals surface area (Å²) in [6.45, 7) is 10.6. The lowest BCUT2D eigenvalue weighted by atomic mass is 9.99. The van der Waals surface area contributed by atoms with E-state index in [4.69, 9.17) is 4.74 Å². The minimum Gasteiger partial charge on any atom is -0.469 e. The molecule has 1 aliphatic heterocycles. The lowest BCUT2D eigenvalue weighted by Gasteiger charge is -2.21. The van der Waals surface area contributed by atoms with Crippen molar-refractivity contribution in [2.24, 2.45) is 16.8 Å². The van der Waals surface area contributed by atoms with Crippen LogP contribution in [0.15, 0.2) is 4.99 Å². The lowest BCUT2D eigenvalue weighted by molar-refractivity contribution is -0.146. The van der Waals surface area contributed by atoms with Crippen molar-refractivity contribution in [1.29, 1.82) is 0 Å². The van der Waals surface area contributed by atoms with Crippen molar-refractivity contribution in [3.05, 3.63) is 0 Å². The highest BCUT2D eigenvalue weighted by Gasteiger charge is 2.36. The van der Waals surface area contributed by atoms with Gasteiger partial charge in [0.1, 0.15) is 0 Å². The molecule has 1 amide bonds. The second-order valence-electron chi connectivity index (χ2n) is 6.37. The summed E-state index contributed by atoms with van der Waals surface area (Å²) in [7, 11) is 1.42. The number of guanidine groups is 1. The molecule has 2 N–H and O–H groups in total. The second-order valence-corrected chi connectivity index (χ2v) is 6.37. The van der Waals surface area contributed by atoms with E-state index in [1.165, 1.54) is 7.11 Å². The maximum atomic E-state index is 11.8. The number of likely N-dealkylation sites (tertiary alicyclic amines) is 1. The van der Waals surface area contributed by atoms with Gasteiger partial charge in [0, 0.05) is 32.1 Å². The second kappa shape index (κ2) is 12.3. The molecule has 0 bridgehead atoms. The van der Waals surface area contributed by atoms with Crippen LogP contribution in [-0.2, 0) is 14.3 Å². The molecule has 3 atom stereocenters. The lowest BCUT2D eigenvalue weighted by Crippen LogP contribution is -2.41. The Morgan fingerprint density at radius 2 is 2.00 bits per heavy atom. The average Bonchev–Trinajstić information content (AvgIpc) is 2.94. The molecule has 7 nitrogen and oxygen atoms in total. The van der Waals surface area contributed by atoms with E-state index in [1.54, 1.807) is 0 Å². The largest absolute Gasteiger partial charge is 0.469 e. The highest BCUT2D eigenvalue weighted by Crippen LogP contribution is 2.24. The third-order valence-electron chi connectivity index (χ3n) is 4.37. The number of nitrogens with one attached hydrogen (secondary N) is 2. The van der Waals surface area contributed by atoms with Gasteiger partial charge in [-0.2, -0.15) is 0 Å². The predicted molar refractivity (Wildman–Crippen MR) is 110 cm³/mol. The molecule has 0 aromatic carbocycles. The number of esters is 1. The van der Waals surface area contributed by atoms with Crippen LogP contribution >= 0.6 is 24.0 Å². The van der Waals surface area contributed by atoms with Gasteiger partial charge in [-0.1, -0.05) is 13.8 Å². The Hall–Kier alpha value is -1.06. The van der Waals surface area contributed by atoms with Crippen molar-refractivity contribution in [1.82, 2.24) is 15.5 Å². The zero-order valence-electron chi connectivity index (χ0n) is 16.0. The first kappa shape index (κ1) is 23.9. The molecule has 1 saturated heterocycles. The molecule has 0 aromatic rings. The van der Waals surface area contributed by atoms with Gasteiger partial charge in [0.2, 0.25) is 5.91 Å². The molecule has 1 fully saturated rings. The van der Waals surface area contributed by atoms with Gasteiger partial charge >= 0.3 is 5.97 Å². The van der Waals surface area contributed by atoms with Crippen LogP contribution in [0.3, 0.4) is 0 Å². The number of methoxy groups -OCH3 is 1. The molecule has 25 heavy (non-hydrogen) atoms. The van der Waals surface area contributed by atoms with Gasteiger partial charge < -0.3 is 20.3 Å². The van der Waals surface area contributed by atoms with Gasteiger partial charge in [-0.15, -0.1) is 24.0 Å². The van der Waals surface area contributed by atoms with Crippen LogP contribution < -0.4 is 10.6 Å². The van der Waals surface area contributed by atoms with Crippen molar-refractivity contribution >= 4 is 41.8 Å². The van der Waals surface area contributed by atoms with Crippen LogP contribution in [0.5, 0.6) is 0 Å². The van der Waals surface area contributed by atoms with E-state index in [1.807, 2.05) is 27.7 Å². The van der Waals surface area contributed by atoms with Crippen LogP contribution in [0.2, 0.25) is 0 Å². The van der Waals surface area contributed by atoms with Crippen molar-refractivity contribution in [3.63, 3.8) is 0 Å². The zero-order valence-corrected chi connectivity index (χ0v) is 18.3. The zero-order chi connectivity index (χ0) is 18.1. The number of hydrogen-bond donors (Lipinski definition) is 2. The van der Waals surface area contributed by atoms with Gasteiger partial charge in [-0.25, -0.2) is 0 Å². The van der Waals surface area contributed by atoms with Crippen LogP contribution in [0, 0.1) is 11.8 Å². The fourth-order valence-electron chi connectivity index (χ4n) is 2.74. The fraction of sp³-hybridized carbons (Fsp3) is 0.824. The molecule has 146 valence electrons. The van der Waals surface area contributed by atoms with E-state index in [0.717, 1.165) is 25.5 Å². The Bertz CT molecular complexity index is 459. The summed E-state index contributed by atoms with van der Waals surface area (Å²) in [6, 6.07) is 0.190. The maximum absolute atomic E-state index is 11.8. The number of aliphatic imine (C=N–C) groups is 1. The molecule has 0 aromatic heterocycles. The van der Waals surface area contributed by atoms with Crippen molar-refractivity contribution in [3.8, 4) is 0 Å². The molecule has 0 aliphatic carbocycles. The standard InChI is InChI=1S/C17H32N4O3.HI/c1-6-13(4)20-15(22)8-9-19-17(18-7-2)21-10-12(3)14(11-21)16(23)24-5;/h12-14H,6-11H2,1-5H3,(H,18,19)(H,20,22);1H. The molecular weight excluding hydrogens is 435 g/mol. The van der Waals surface area contributed by atoms with Crippen molar-refractivity contribution in [2.75, 3.05) is 33.3 Å². The normalized spacial score (nSPS) is 21.3. The van der Waals surface area contributed by atoms with Crippen LogP contribution in [-0.4, -0.2) is 62.1 Å². The molecule has 1 aliphatic rings. The Labute approximate surface area is 168 Å². The van der Waals surface area contributed by atoms with Crippen LogP contribution in [0.25, 0.3) is 0 Å². The number of amides is 1. The molecular formula is C17H33IN4O3. The summed E-state index contributed by atoms with van der Waals surface area (Å²) in [4.78, 5) is 30.3. The molecule has 1 heterocycles.